The first-order chi connectivity index (χ1) is 6.58. The lowest BCUT2D eigenvalue weighted by Crippen LogP contribution is -2.25. The third-order valence-electron chi connectivity index (χ3n) is 2.57. The van der Waals surface area contributed by atoms with Crippen molar-refractivity contribution in [2.75, 3.05) is 0 Å². The molecule has 0 spiro atoms. The molecule has 0 bridgehead atoms. The molecule has 0 aliphatic carbocycles. The number of hydrogen-bond donors (Lipinski definition) is 1. The molecule has 1 rings (SSSR count). The summed E-state index contributed by atoms with van der Waals surface area (Å²) in [7, 11) is 1.91. The summed E-state index contributed by atoms with van der Waals surface area (Å²) in [5.41, 5.74) is -0.784. The zero-order chi connectivity index (χ0) is 10.6. The van der Waals surface area contributed by atoms with E-state index in [1.165, 1.54) is 12.8 Å². The molecule has 0 radical (unpaired) electrons. The van der Waals surface area contributed by atoms with Crippen LogP contribution in [0.15, 0.2) is 12.4 Å². The summed E-state index contributed by atoms with van der Waals surface area (Å²) >= 11 is 0. The maximum absolute atomic E-state index is 10.2. The second-order valence-corrected chi connectivity index (χ2v) is 4.09. The van der Waals surface area contributed by atoms with Crippen LogP contribution < -0.4 is 0 Å². The van der Waals surface area contributed by atoms with Crippen LogP contribution in [0, 0.1) is 0 Å². The molecule has 1 N–H and O–H groups in total. The lowest BCUT2D eigenvalue weighted by atomic mass is 9.97. The van der Waals surface area contributed by atoms with E-state index < -0.39 is 5.60 Å². The maximum atomic E-state index is 10.2. The molecular formula is C11H20N2O. The smallest absolute Gasteiger partial charge is 0.140 e. The number of aromatic nitrogens is 2. The van der Waals surface area contributed by atoms with Crippen molar-refractivity contribution in [1.29, 1.82) is 0 Å². The average molecular weight is 196 g/mol. The van der Waals surface area contributed by atoms with E-state index in [0.29, 0.717) is 0 Å². The monoisotopic (exact) mass is 196 g/mol. The van der Waals surface area contributed by atoms with E-state index in [0.717, 1.165) is 18.7 Å². The lowest BCUT2D eigenvalue weighted by molar-refractivity contribution is 0.0331. The zero-order valence-electron chi connectivity index (χ0n) is 9.32. The topological polar surface area (TPSA) is 38.1 Å². The molecule has 3 heteroatoms. The minimum absolute atomic E-state index is 0.758. The van der Waals surface area contributed by atoms with Gasteiger partial charge in [0.25, 0.3) is 0 Å². The molecule has 1 aromatic rings. The Hall–Kier alpha value is -0.830. The van der Waals surface area contributed by atoms with Crippen molar-refractivity contribution in [2.45, 2.75) is 45.1 Å². The molecule has 0 aromatic carbocycles. The van der Waals surface area contributed by atoms with Gasteiger partial charge in [0.1, 0.15) is 11.4 Å². The van der Waals surface area contributed by atoms with E-state index in [4.69, 9.17) is 0 Å². The molecule has 0 amide bonds. The van der Waals surface area contributed by atoms with Crippen LogP contribution >= 0.6 is 0 Å². The van der Waals surface area contributed by atoms with E-state index in [1.54, 1.807) is 6.20 Å². The Labute approximate surface area is 85.8 Å². The molecule has 0 saturated heterocycles. The van der Waals surface area contributed by atoms with E-state index in [9.17, 15) is 5.11 Å². The molecule has 1 atom stereocenters. The number of hydrogen-bond acceptors (Lipinski definition) is 2. The standard InChI is InChI=1S/C11H20N2O/c1-4-5-6-7-11(2,14)10-12-8-9-13(10)3/h8-9,14H,4-7H2,1-3H3. The molecule has 3 nitrogen and oxygen atoms in total. The molecule has 1 heterocycles. The summed E-state index contributed by atoms with van der Waals surface area (Å²) in [5.74, 6) is 0.758. The van der Waals surface area contributed by atoms with Gasteiger partial charge in [0.2, 0.25) is 0 Å². The van der Waals surface area contributed by atoms with Crippen LogP contribution in [0.1, 0.15) is 45.4 Å². The molecule has 1 unspecified atom stereocenters. The minimum Gasteiger partial charge on any atom is -0.382 e. The van der Waals surface area contributed by atoms with Crippen LogP contribution in [-0.4, -0.2) is 14.7 Å². The van der Waals surface area contributed by atoms with Crippen LogP contribution in [0.3, 0.4) is 0 Å². The van der Waals surface area contributed by atoms with Gasteiger partial charge < -0.3 is 9.67 Å². The van der Waals surface area contributed by atoms with Crippen LogP contribution in [0.2, 0.25) is 0 Å². The molecule has 80 valence electrons. The first kappa shape index (κ1) is 11.2. The van der Waals surface area contributed by atoms with Gasteiger partial charge in [-0.15, -0.1) is 0 Å². The normalized spacial score (nSPS) is 15.4. The Morgan fingerprint density at radius 3 is 2.71 bits per heavy atom. The largest absolute Gasteiger partial charge is 0.382 e. The van der Waals surface area contributed by atoms with Crippen LogP contribution in [-0.2, 0) is 12.6 Å². The summed E-state index contributed by atoms with van der Waals surface area (Å²) in [6.45, 7) is 4.00. The average Bonchev–Trinajstić information content (AvgIpc) is 2.52. The SMILES string of the molecule is CCCCCC(C)(O)c1nccn1C. The third-order valence-corrected chi connectivity index (χ3v) is 2.57. The number of imidazole rings is 1. The first-order valence-corrected chi connectivity index (χ1v) is 5.28. The molecule has 0 aliphatic heterocycles. The second-order valence-electron chi connectivity index (χ2n) is 4.09. The Bertz CT molecular complexity index is 279. The number of aliphatic hydroxyl groups is 1. The summed E-state index contributed by atoms with van der Waals surface area (Å²) in [6.07, 6.45) is 7.77. The minimum atomic E-state index is -0.784. The zero-order valence-corrected chi connectivity index (χ0v) is 9.32. The maximum Gasteiger partial charge on any atom is 0.140 e. The highest BCUT2D eigenvalue weighted by Crippen LogP contribution is 2.24. The van der Waals surface area contributed by atoms with Gasteiger partial charge in [0.05, 0.1) is 0 Å². The predicted octanol–water partition coefficient (Wildman–Crippen LogP) is 2.21. The second kappa shape index (κ2) is 4.60. The molecule has 0 saturated carbocycles. The molecular weight excluding hydrogens is 176 g/mol. The van der Waals surface area contributed by atoms with Crippen molar-refractivity contribution < 1.29 is 5.11 Å². The molecule has 0 fully saturated rings. The molecule has 1 aromatic heterocycles. The van der Waals surface area contributed by atoms with Crippen LogP contribution in [0.4, 0.5) is 0 Å². The van der Waals surface area contributed by atoms with Crippen molar-refractivity contribution in [3.8, 4) is 0 Å². The molecule has 14 heavy (non-hydrogen) atoms. The summed E-state index contributed by atoms with van der Waals surface area (Å²) in [6, 6.07) is 0. The first-order valence-electron chi connectivity index (χ1n) is 5.28. The number of rotatable bonds is 5. The fourth-order valence-corrected chi connectivity index (χ4v) is 1.72. The van der Waals surface area contributed by atoms with Crippen molar-refractivity contribution in [3.63, 3.8) is 0 Å². The van der Waals surface area contributed by atoms with Crippen molar-refractivity contribution in [3.05, 3.63) is 18.2 Å². The summed E-state index contributed by atoms with van der Waals surface area (Å²) in [5, 5.41) is 10.2. The van der Waals surface area contributed by atoms with Crippen LogP contribution in [0.5, 0.6) is 0 Å². The highest BCUT2D eigenvalue weighted by molar-refractivity contribution is 5.02. The quantitative estimate of drug-likeness (QED) is 0.733. The van der Waals surface area contributed by atoms with E-state index in [-0.39, 0.29) is 0 Å². The summed E-state index contributed by atoms with van der Waals surface area (Å²) in [4.78, 5) is 4.18. The van der Waals surface area contributed by atoms with E-state index in [1.807, 2.05) is 24.7 Å². The molecule has 0 aliphatic rings. The van der Waals surface area contributed by atoms with Crippen molar-refractivity contribution >= 4 is 0 Å². The third kappa shape index (κ3) is 2.58. The van der Waals surface area contributed by atoms with Gasteiger partial charge in [0, 0.05) is 19.4 Å². The number of unbranched alkanes of at least 4 members (excludes halogenated alkanes) is 2. The van der Waals surface area contributed by atoms with Gasteiger partial charge in [-0.3, -0.25) is 0 Å². The van der Waals surface area contributed by atoms with Gasteiger partial charge in [-0.1, -0.05) is 26.2 Å². The fourth-order valence-electron chi connectivity index (χ4n) is 1.72. The van der Waals surface area contributed by atoms with Crippen LogP contribution in [0.25, 0.3) is 0 Å². The van der Waals surface area contributed by atoms with Gasteiger partial charge in [-0.25, -0.2) is 4.98 Å². The van der Waals surface area contributed by atoms with E-state index in [2.05, 4.69) is 11.9 Å². The van der Waals surface area contributed by atoms with Crippen molar-refractivity contribution in [2.24, 2.45) is 7.05 Å². The Morgan fingerprint density at radius 1 is 1.50 bits per heavy atom. The Balaban J connectivity index is 2.61. The number of aryl methyl sites for hydroxylation is 1. The number of nitrogens with zero attached hydrogens (tertiary/aromatic N) is 2. The lowest BCUT2D eigenvalue weighted by Gasteiger charge is -2.22. The fraction of sp³-hybridized carbons (Fsp3) is 0.727. The van der Waals surface area contributed by atoms with Gasteiger partial charge >= 0.3 is 0 Å². The highest BCUT2D eigenvalue weighted by atomic mass is 16.3. The predicted molar refractivity (Wildman–Crippen MR) is 56.9 cm³/mol. The van der Waals surface area contributed by atoms with Gasteiger partial charge in [-0.2, -0.15) is 0 Å². The van der Waals surface area contributed by atoms with Crippen molar-refractivity contribution in [1.82, 2.24) is 9.55 Å². The highest BCUT2D eigenvalue weighted by Gasteiger charge is 2.26. The Kier molecular flexibility index (Phi) is 3.69. The van der Waals surface area contributed by atoms with E-state index >= 15 is 0 Å². The van der Waals surface area contributed by atoms with Gasteiger partial charge in [0.15, 0.2) is 0 Å². The Morgan fingerprint density at radius 2 is 2.21 bits per heavy atom. The summed E-state index contributed by atoms with van der Waals surface area (Å²) < 4.78 is 1.88. The van der Waals surface area contributed by atoms with Gasteiger partial charge in [-0.05, 0) is 13.3 Å².